The zero-order chi connectivity index (χ0) is 11.5. The van der Waals surface area contributed by atoms with Crippen LogP contribution in [0.5, 0.6) is 0 Å². The summed E-state index contributed by atoms with van der Waals surface area (Å²) < 4.78 is 1.33. The molecule has 0 bridgehead atoms. The third-order valence-electron chi connectivity index (χ3n) is 2.70. The molecule has 2 nitrogen and oxygen atoms in total. The molecule has 1 N–H and O–H groups in total. The molecule has 0 radical (unpaired) electrons. The van der Waals surface area contributed by atoms with Crippen molar-refractivity contribution in [2.45, 2.75) is 6.54 Å². The van der Waals surface area contributed by atoms with E-state index in [4.69, 9.17) is 0 Å². The SMILES string of the molecule is c1cc(CNc2ccc3sccc3c2)ccn1. The third-order valence-corrected chi connectivity index (χ3v) is 3.60. The lowest BCUT2D eigenvalue weighted by Gasteiger charge is -2.06. The second-order valence-electron chi connectivity index (χ2n) is 3.88. The van der Waals surface area contributed by atoms with Crippen molar-refractivity contribution in [3.63, 3.8) is 0 Å². The normalized spacial score (nSPS) is 10.6. The summed E-state index contributed by atoms with van der Waals surface area (Å²) in [5, 5.41) is 6.84. The van der Waals surface area contributed by atoms with Gasteiger partial charge < -0.3 is 5.32 Å². The highest BCUT2D eigenvalue weighted by Gasteiger charge is 1.97. The van der Waals surface area contributed by atoms with Crippen molar-refractivity contribution in [2.24, 2.45) is 0 Å². The molecule has 0 saturated carbocycles. The van der Waals surface area contributed by atoms with Crippen molar-refractivity contribution in [2.75, 3.05) is 5.32 Å². The minimum Gasteiger partial charge on any atom is -0.381 e. The van der Waals surface area contributed by atoms with Crippen LogP contribution in [0.25, 0.3) is 10.1 Å². The van der Waals surface area contributed by atoms with Crippen LogP contribution in [0.4, 0.5) is 5.69 Å². The molecule has 2 aromatic heterocycles. The van der Waals surface area contributed by atoms with E-state index < -0.39 is 0 Å². The fourth-order valence-electron chi connectivity index (χ4n) is 1.78. The average molecular weight is 240 g/mol. The molecule has 0 saturated heterocycles. The number of nitrogens with one attached hydrogen (secondary N) is 1. The highest BCUT2D eigenvalue weighted by atomic mass is 32.1. The molecule has 0 spiro atoms. The van der Waals surface area contributed by atoms with E-state index in [0.29, 0.717) is 0 Å². The first kappa shape index (κ1) is 10.3. The number of fused-ring (bicyclic) bond motifs is 1. The zero-order valence-corrected chi connectivity index (χ0v) is 10.1. The Balaban J connectivity index is 1.76. The number of rotatable bonds is 3. The molecule has 17 heavy (non-hydrogen) atoms. The summed E-state index contributed by atoms with van der Waals surface area (Å²) in [5.41, 5.74) is 2.40. The standard InChI is InChI=1S/C14H12N2S/c1-2-14-12(5-8-17-14)9-13(1)16-10-11-3-6-15-7-4-11/h1-9,16H,10H2. The fourth-order valence-corrected chi connectivity index (χ4v) is 2.55. The van der Waals surface area contributed by atoms with E-state index in [0.717, 1.165) is 12.2 Å². The Morgan fingerprint density at radius 1 is 1.06 bits per heavy atom. The summed E-state index contributed by atoms with van der Waals surface area (Å²) in [6.07, 6.45) is 3.64. The summed E-state index contributed by atoms with van der Waals surface area (Å²) in [4.78, 5) is 4.01. The number of anilines is 1. The average Bonchev–Trinajstić information content (AvgIpc) is 2.85. The molecule has 0 aliphatic rings. The summed E-state index contributed by atoms with van der Waals surface area (Å²) >= 11 is 1.77. The molecule has 84 valence electrons. The van der Waals surface area contributed by atoms with Crippen LogP contribution < -0.4 is 5.32 Å². The van der Waals surface area contributed by atoms with Crippen LogP contribution in [0.2, 0.25) is 0 Å². The largest absolute Gasteiger partial charge is 0.381 e. The fraction of sp³-hybridized carbons (Fsp3) is 0.0714. The second kappa shape index (κ2) is 4.55. The Hall–Kier alpha value is -1.87. The Morgan fingerprint density at radius 2 is 1.94 bits per heavy atom. The minimum absolute atomic E-state index is 0.832. The van der Waals surface area contributed by atoms with Gasteiger partial charge in [0.1, 0.15) is 0 Å². The first-order valence-corrected chi connectivity index (χ1v) is 6.40. The van der Waals surface area contributed by atoms with Gasteiger partial charge in [-0.1, -0.05) is 0 Å². The molecule has 1 aromatic carbocycles. The maximum absolute atomic E-state index is 4.01. The molecule has 2 heterocycles. The molecule has 0 aliphatic heterocycles. The Kier molecular flexibility index (Phi) is 2.76. The zero-order valence-electron chi connectivity index (χ0n) is 9.26. The van der Waals surface area contributed by atoms with Crippen LogP contribution in [0.3, 0.4) is 0 Å². The van der Waals surface area contributed by atoms with Gasteiger partial charge in [-0.05, 0) is 52.7 Å². The third kappa shape index (κ3) is 2.29. The van der Waals surface area contributed by atoms with Crippen LogP contribution in [0, 0.1) is 0 Å². The van der Waals surface area contributed by atoms with Gasteiger partial charge in [0.05, 0.1) is 0 Å². The number of nitrogens with zero attached hydrogens (tertiary/aromatic N) is 1. The first-order valence-electron chi connectivity index (χ1n) is 5.52. The quantitative estimate of drug-likeness (QED) is 0.750. The number of hydrogen-bond acceptors (Lipinski definition) is 3. The van der Waals surface area contributed by atoms with Gasteiger partial charge in [0.25, 0.3) is 0 Å². The summed E-state index contributed by atoms with van der Waals surface area (Å²) in [5.74, 6) is 0. The van der Waals surface area contributed by atoms with E-state index in [1.807, 2.05) is 24.5 Å². The maximum Gasteiger partial charge on any atom is 0.0401 e. The Bertz CT molecular complexity index is 616. The molecule has 0 amide bonds. The molecule has 0 atom stereocenters. The number of pyridine rings is 1. The van der Waals surface area contributed by atoms with Crippen molar-refractivity contribution < 1.29 is 0 Å². The highest BCUT2D eigenvalue weighted by Crippen LogP contribution is 2.24. The van der Waals surface area contributed by atoms with Gasteiger partial charge in [-0.3, -0.25) is 4.98 Å². The van der Waals surface area contributed by atoms with Gasteiger partial charge in [-0.25, -0.2) is 0 Å². The predicted molar refractivity (Wildman–Crippen MR) is 73.4 cm³/mol. The van der Waals surface area contributed by atoms with Gasteiger partial charge >= 0.3 is 0 Å². The van der Waals surface area contributed by atoms with Gasteiger partial charge in [0, 0.05) is 29.3 Å². The van der Waals surface area contributed by atoms with Crippen LogP contribution >= 0.6 is 11.3 Å². The molecule has 0 unspecified atom stereocenters. The number of hydrogen-bond donors (Lipinski definition) is 1. The van der Waals surface area contributed by atoms with E-state index in [9.17, 15) is 0 Å². The van der Waals surface area contributed by atoms with E-state index in [2.05, 4.69) is 39.9 Å². The predicted octanol–water partition coefficient (Wildman–Crippen LogP) is 3.91. The topological polar surface area (TPSA) is 24.9 Å². The Labute approximate surface area is 104 Å². The van der Waals surface area contributed by atoms with Crippen molar-refractivity contribution in [3.05, 3.63) is 59.7 Å². The van der Waals surface area contributed by atoms with Crippen LogP contribution in [-0.4, -0.2) is 4.98 Å². The van der Waals surface area contributed by atoms with E-state index in [1.165, 1.54) is 15.6 Å². The molecular weight excluding hydrogens is 228 g/mol. The number of thiophene rings is 1. The highest BCUT2D eigenvalue weighted by molar-refractivity contribution is 7.17. The van der Waals surface area contributed by atoms with Crippen LogP contribution in [0.1, 0.15) is 5.56 Å². The Morgan fingerprint density at radius 3 is 2.82 bits per heavy atom. The molecule has 3 aromatic rings. The van der Waals surface area contributed by atoms with Gasteiger partial charge in [-0.2, -0.15) is 0 Å². The second-order valence-corrected chi connectivity index (χ2v) is 4.83. The van der Waals surface area contributed by atoms with E-state index in [-0.39, 0.29) is 0 Å². The van der Waals surface area contributed by atoms with Crippen molar-refractivity contribution >= 4 is 27.1 Å². The smallest absolute Gasteiger partial charge is 0.0401 e. The van der Waals surface area contributed by atoms with Crippen LogP contribution in [-0.2, 0) is 6.54 Å². The minimum atomic E-state index is 0.832. The molecular formula is C14H12N2S. The molecule has 0 aliphatic carbocycles. The van der Waals surface area contributed by atoms with Crippen molar-refractivity contribution in [1.29, 1.82) is 0 Å². The van der Waals surface area contributed by atoms with Gasteiger partial charge in [0.2, 0.25) is 0 Å². The lowest BCUT2D eigenvalue weighted by Crippen LogP contribution is -1.98. The van der Waals surface area contributed by atoms with Crippen molar-refractivity contribution in [1.82, 2.24) is 4.98 Å². The molecule has 3 rings (SSSR count). The van der Waals surface area contributed by atoms with Crippen LogP contribution in [0.15, 0.2) is 54.2 Å². The van der Waals surface area contributed by atoms with Crippen molar-refractivity contribution in [3.8, 4) is 0 Å². The van der Waals surface area contributed by atoms with E-state index >= 15 is 0 Å². The molecule has 3 heteroatoms. The lowest BCUT2D eigenvalue weighted by molar-refractivity contribution is 1.13. The first-order chi connectivity index (χ1) is 8.42. The molecule has 0 fully saturated rings. The lowest BCUT2D eigenvalue weighted by atomic mass is 10.2. The number of benzene rings is 1. The van der Waals surface area contributed by atoms with Gasteiger partial charge in [0.15, 0.2) is 0 Å². The van der Waals surface area contributed by atoms with Gasteiger partial charge in [-0.15, -0.1) is 11.3 Å². The monoisotopic (exact) mass is 240 g/mol. The number of aromatic nitrogens is 1. The summed E-state index contributed by atoms with van der Waals surface area (Å²) in [7, 11) is 0. The summed E-state index contributed by atoms with van der Waals surface area (Å²) in [6.45, 7) is 0.832. The maximum atomic E-state index is 4.01. The summed E-state index contributed by atoms with van der Waals surface area (Å²) in [6, 6.07) is 12.7. The van der Waals surface area contributed by atoms with E-state index in [1.54, 1.807) is 11.3 Å².